The highest BCUT2D eigenvalue weighted by molar-refractivity contribution is 7.92. The number of para-hydroxylation sites is 1. The van der Waals surface area contributed by atoms with Crippen LogP contribution in [0.15, 0.2) is 102 Å². The third-order valence-corrected chi connectivity index (χ3v) is 8.66. The number of nitrogens with zero attached hydrogens (tertiary/aromatic N) is 1. The lowest BCUT2D eigenvalue weighted by Gasteiger charge is -2.26. The van der Waals surface area contributed by atoms with E-state index in [1.54, 1.807) is 72.8 Å². The topological polar surface area (TPSA) is 75.7 Å². The number of hydrogen-bond donors (Lipinski definition) is 1. The number of aryl methyl sites for hydroxylation is 1. The van der Waals surface area contributed by atoms with Crippen LogP contribution < -0.4 is 14.4 Å². The van der Waals surface area contributed by atoms with E-state index in [9.17, 15) is 13.2 Å². The number of sulfonamides is 1. The molecule has 0 aliphatic rings. The van der Waals surface area contributed by atoms with Crippen molar-refractivity contribution in [3.8, 4) is 5.75 Å². The van der Waals surface area contributed by atoms with Crippen LogP contribution in [0.4, 0.5) is 5.69 Å². The average Bonchev–Trinajstić information content (AvgIpc) is 2.95. The fourth-order valence-corrected chi connectivity index (χ4v) is 6.13. The predicted molar refractivity (Wildman–Crippen MR) is 165 cm³/mol. The number of carbonyl (C=O) groups excluding carboxylic acids is 1. The molecule has 1 N–H and O–H groups in total. The second kappa shape index (κ2) is 12.8. The van der Waals surface area contributed by atoms with Crippen LogP contribution in [-0.4, -0.2) is 27.5 Å². The van der Waals surface area contributed by atoms with Gasteiger partial charge in [0.25, 0.3) is 15.9 Å². The van der Waals surface area contributed by atoms with Crippen LogP contribution in [0.5, 0.6) is 5.75 Å². The van der Waals surface area contributed by atoms with Gasteiger partial charge in [-0.25, -0.2) is 8.42 Å². The van der Waals surface area contributed by atoms with E-state index in [1.807, 2.05) is 25.1 Å². The van der Waals surface area contributed by atoms with E-state index in [0.29, 0.717) is 29.4 Å². The minimum atomic E-state index is -3.89. The number of anilines is 1. The Morgan fingerprint density at radius 1 is 0.902 bits per heavy atom. The molecule has 0 unspecified atom stereocenters. The molecule has 6 nitrogen and oxygen atoms in total. The summed E-state index contributed by atoms with van der Waals surface area (Å²) in [6.07, 6.45) is 0. The molecule has 0 spiro atoms. The van der Waals surface area contributed by atoms with Gasteiger partial charge >= 0.3 is 0 Å². The molecule has 4 rings (SSSR count). The van der Waals surface area contributed by atoms with Crippen molar-refractivity contribution >= 4 is 33.2 Å². The SMILES string of the molecule is Cc1ccc(Cl)cc1N(Cc1ccc(C(=O)NCCOc2ccccc2C(C)(C)C)cc1)S(=O)(=O)c1ccccc1. The fourth-order valence-electron chi connectivity index (χ4n) is 4.44. The van der Waals surface area contributed by atoms with Crippen molar-refractivity contribution in [2.24, 2.45) is 0 Å². The van der Waals surface area contributed by atoms with E-state index in [0.717, 1.165) is 22.4 Å². The molecule has 0 aromatic heterocycles. The highest BCUT2D eigenvalue weighted by Crippen LogP contribution is 2.32. The van der Waals surface area contributed by atoms with E-state index in [-0.39, 0.29) is 22.8 Å². The molecule has 0 atom stereocenters. The molecule has 41 heavy (non-hydrogen) atoms. The third kappa shape index (κ3) is 7.48. The minimum Gasteiger partial charge on any atom is -0.491 e. The summed E-state index contributed by atoms with van der Waals surface area (Å²) in [6, 6.07) is 28.3. The van der Waals surface area contributed by atoms with Crippen LogP contribution in [0.25, 0.3) is 0 Å². The van der Waals surface area contributed by atoms with Gasteiger partial charge in [-0.1, -0.05) is 87.0 Å². The molecule has 0 radical (unpaired) electrons. The molecule has 214 valence electrons. The van der Waals surface area contributed by atoms with Gasteiger partial charge in [-0.3, -0.25) is 9.10 Å². The standard InChI is InChI=1S/C33H35ClN2O4S/c1-24-14-19-27(34)22-30(24)36(41(38,39)28-10-6-5-7-11-28)23-25-15-17-26(18-16-25)32(37)35-20-21-40-31-13-9-8-12-29(31)33(2,3)4/h5-19,22H,20-21,23H2,1-4H3,(H,35,37). The van der Waals surface area contributed by atoms with Crippen molar-refractivity contribution in [3.63, 3.8) is 0 Å². The van der Waals surface area contributed by atoms with Gasteiger partial charge in [-0.05, 0) is 71.5 Å². The molecule has 4 aromatic carbocycles. The van der Waals surface area contributed by atoms with Crippen LogP contribution in [0.1, 0.15) is 47.8 Å². The highest BCUT2D eigenvalue weighted by atomic mass is 35.5. The summed E-state index contributed by atoms with van der Waals surface area (Å²) in [7, 11) is -3.89. The number of ether oxygens (including phenoxy) is 1. The summed E-state index contributed by atoms with van der Waals surface area (Å²) in [4.78, 5) is 13.0. The Balaban J connectivity index is 1.45. The molecule has 0 fully saturated rings. The number of rotatable bonds is 10. The number of nitrogens with one attached hydrogen (secondary N) is 1. The third-order valence-electron chi connectivity index (χ3n) is 6.65. The first-order chi connectivity index (χ1) is 19.5. The van der Waals surface area contributed by atoms with Gasteiger partial charge in [0.1, 0.15) is 12.4 Å². The lowest BCUT2D eigenvalue weighted by atomic mass is 9.86. The Kier molecular flexibility index (Phi) is 9.41. The van der Waals surface area contributed by atoms with Crippen LogP contribution in [0, 0.1) is 6.92 Å². The number of benzene rings is 4. The van der Waals surface area contributed by atoms with Gasteiger partial charge in [-0.15, -0.1) is 0 Å². The Morgan fingerprint density at radius 3 is 2.24 bits per heavy atom. The van der Waals surface area contributed by atoms with Crippen molar-refractivity contribution in [2.45, 2.75) is 44.6 Å². The highest BCUT2D eigenvalue weighted by Gasteiger charge is 2.26. The van der Waals surface area contributed by atoms with Crippen LogP contribution in [0.2, 0.25) is 5.02 Å². The van der Waals surface area contributed by atoms with Crippen molar-refractivity contribution in [2.75, 3.05) is 17.5 Å². The van der Waals surface area contributed by atoms with E-state index in [2.05, 4.69) is 32.2 Å². The molecule has 4 aromatic rings. The molecule has 1 amide bonds. The van der Waals surface area contributed by atoms with Crippen LogP contribution >= 0.6 is 11.6 Å². The van der Waals surface area contributed by atoms with Crippen molar-refractivity contribution < 1.29 is 17.9 Å². The van der Waals surface area contributed by atoms with Crippen LogP contribution in [0.3, 0.4) is 0 Å². The molecule has 0 bridgehead atoms. The lowest BCUT2D eigenvalue weighted by molar-refractivity contribution is 0.0946. The first-order valence-electron chi connectivity index (χ1n) is 13.4. The van der Waals surface area contributed by atoms with Gasteiger partial charge in [0.2, 0.25) is 0 Å². The number of carbonyl (C=O) groups is 1. The first kappa shape index (κ1) is 30.2. The summed E-state index contributed by atoms with van der Waals surface area (Å²) in [6.45, 7) is 8.99. The van der Waals surface area contributed by atoms with Gasteiger partial charge in [0, 0.05) is 10.6 Å². The normalized spacial score (nSPS) is 11.6. The van der Waals surface area contributed by atoms with Gasteiger partial charge in [0.15, 0.2) is 0 Å². The maximum Gasteiger partial charge on any atom is 0.264 e. The zero-order valence-electron chi connectivity index (χ0n) is 23.7. The van der Waals surface area contributed by atoms with Crippen molar-refractivity contribution in [1.29, 1.82) is 0 Å². The van der Waals surface area contributed by atoms with Gasteiger partial charge < -0.3 is 10.1 Å². The Labute approximate surface area is 248 Å². The average molecular weight is 591 g/mol. The summed E-state index contributed by atoms with van der Waals surface area (Å²) in [5.74, 6) is 0.576. The molecule has 0 saturated carbocycles. The summed E-state index contributed by atoms with van der Waals surface area (Å²) >= 11 is 6.26. The molecule has 0 aliphatic carbocycles. The maximum absolute atomic E-state index is 13.7. The molecule has 8 heteroatoms. The van der Waals surface area contributed by atoms with E-state index >= 15 is 0 Å². The molecular weight excluding hydrogens is 556 g/mol. The molecule has 0 heterocycles. The monoisotopic (exact) mass is 590 g/mol. The Hall–Kier alpha value is -3.81. The van der Waals surface area contributed by atoms with Crippen molar-refractivity contribution in [1.82, 2.24) is 5.32 Å². The van der Waals surface area contributed by atoms with E-state index in [4.69, 9.17) is 16.3 Å². The summed E-state index contributed by atoms with van der Waals surface area (Å²) < 4.78 is 34.7. The minimum absolute atomic E-state index is 0.0525. The fraction of sp³-hybridized carbons (Fsp3) is 0.242. The quantitative estimate of drug-likeness (QED) is 0.199. The second-order valence-electron chi connectivity index (χ2n) is 10.8. The molecule has 0 aliphatic heterocycles. The van der Waals surface area contributed by atoms with Gasteiger partial charge in [0.05, 0.1) is 23.7 Å². The maximum atomic E-state index is 13.7. The van der Waals surface area contributed by atoms with Crippen molar-refractivity contribution in [3.05, 3.63) is 124 Å². The zero-order valence-corrected chi connectivity index (χ0v) is 25.3. The molecular formula is C33H35ClN2O4S. The summed E-state index contributed by atoms with van der Waals surface area (Å²) in [5.41, 5.74) is 3.53. The predicted octanol–water partition coefficient (Wildman–Crippen LogP) is 7.15. The number of hydrogen-bond acceptors (Lipinski definition) is 4. The Morgan fingerprint density at radius 2 is 1.56 bits per heavy atom. The lowest BCUT2D eigenvalue weighted by Crippen LogP contribution is -2.31. The summed E-state index contributed by atoms with van der Waals surface area (Å²) in [5, 5.41) is 3.33. The Bertz CT molecular complexity index is 1600. The van der Waals surface area contributed by atoms with Crippen LogP contribution in [-0.2, 0) is 22.0 Å². The molecule has 0 saturated heterocycles. The number of halogens is 1. The van der Waals surface area contributed by atoms with E-state index < -0.39 is 10.0 Å². The second-order valence-corrected chi connectivity index (χ2v) is 13.1. The largest absolute Gasteiger partial charge is 0.491 e. The first-order valence-corrected chi connectivity index (χ1v) is 15.2. The smallest absolute Gasteiger partial charge is 0.264 e. The number of amides is 1. The van der Waals surface area contributed by atoms with E-state index in [1.165, 1.54) is 4.31 Å². The van der Waals surface area contributed by atoms with Gasteiger partial charge in [-0.2, -0.15) is 0 Å². The zero-order chi connectivity index (χ0) is 29.6.